The van der Waals surface area contributed by atoms with E-state index in [1.165, 1.54) is 39.1 Å². The van der Waals surface area contributed by atoms with Crippen LogP contribution in [0.5, 0.6) is 0 Å². The van der Waals surface area contributed by atoms with Crippen molar-refractivity contribution in [3.63, 3.8) is 0 Å². The summed E-state index contributed by atoms with van der Waals surface area (Å²) < 4.78 is 16.4. The van der Waals surface area contributed by atoms with Crippen LogP contribution in [0.25, 0.3) is 53.8 Å². The van der Waals surface area contributed by atoms with Crippen molar-refractivity contribution < 1.29 is 24.5 Å². The van der Waals surface area contributed by atoms with Crippen LogP contribution in [0.1, 0.15) is 36.1 Å². The number of benzene rings is 4. The molecular weight excluding hydrogens is 828 g/mol. The summed E-state index contributed by atoms with van der Waals surface area (Å²) in [5.41, 5.74) is 11.5. The van der Waals surface area contributed by atoms with Crippen molar-refractivity contribution in [2.75, 3.05) is 0 Å². The fourth-order valence-corrected chi connectivity index (χ4v) is 9.59. The molecule has 4 aromatic carbocycles. The largest absolute Gasteiger partial charge is 0.305 e. The minimum Gasteiger partial charge on any atom is -0.305 e. The van der Waals surface area contributed by atoms with Gasteiger partial charge < -0.3 is 9.97 Å². The molecule has 0 atom stereocenters. The summed E-state index contributed by atoms with van der Waals surface area (Å²) in [5, 5.41) is 3.10. The van der Waals surface area contributed by atoms with Crippen molar-refractivity contribution in [1.29, 1.82) is 0 Å². The third-order valence-electron chi connectivity index (χ3n) is 8.80. The normalized spacial score (nSPS) is 11.4. The molecular formula is C44H43FIrN2SSi-2. The molecule has 50 heavy (non-hydrogen) atoms. The molecule has 0 amide bonds. The molecule has 3 aromatic heterocycles. The minimum absolute atomic E-state index is 0. The van der Waals surface area contributed by atoms with E-state index in [9.17, 15) is 4.39 Å². The van der Waals surface area contributed by atoms with Crippen LogP contribution < -0.4 is 5.19 Å². The molecule has 0 aliphatic heterocycles. The molecule has 0 unspecified atom stereocenters. The van der Waals surface area contributed by atoms with Gasteiger partial charge in [0.05, 0.1) is 8.07 Å². The minimum atomic E-state index is -1.34. The average molecular weight is 871 g/mol. The Morgan fingerprint density at radius 2 is 1.58 bits per heavy atom. The van der Waals surface area contributed by atoms with Gasteiger partial charge in [-0.05, 0) is 94.8 Å². The monoisotopic (exact) mass is 871 g/mol. The zero-order valence-electron chi connectivity index (χ0n) is 30.0. The number of aromatic nitrogens is 2. The number of rotatable bonds is 6. The summed E-state index contributed by atoms with van der Waals surface area (Å²) in [6.07, 6.45) is 5.09. The van der Waals surface area contributed by atoms with E-state index in [1.807, 2.05) is 42.6 Å². The predicted molar refractivity (Wildman–Crippen MR) is 211 cm³/mol. The second-order valence-corrected chi connectivity index (χ2v) is 20.5. The predicted octanol–water partition coefficient (Wildman–Crippen LogP) is 11.9. The molecule has 0 saturated heterocycles. The molecule has 7 rings (SSSR count). The molecule has 7 aromatic rings. The summed E-state index contributed by atoms with van der Waals surface area (Å²) >= 11 is 1.60. The second-order valence-electron chi connectivity index (χ2n) is 14.4. The summed E-state index contributed by atoms with van der Waals surface area (Å²) in [7, 11) is -1.34. The van der Waals surface area contributed by atoms with Crippen LogP contribution in [-0.2, 0) is 26.5 Å². The number of pyridine rings is 2. The van der Waals surface area contributed by atoms with Crippen LogP contribution in [0.4, 0.5) is 4.39 Å². The fraction of sp³-hybridized carbons (Fsp3) is 0.227. The summed E-state index contributed by atoms with van der Waals surface area (Å²) in [6.45, 7) is 18.2. The summed E-state index contributed by atoms with van der Waals surface area (Å²) in [6, 6.07) is 34.6. The van der Waals surface area contributed by atoms with Gasteiger partial charge in [0.15, 0.2) is 0 Å². The van der Waals surface area contributed by atoms with Crippen molar-refractivity contribution in [2.45, 2.75) is 60.7 Å². The molecule has 0 N–H and O–H groups in total. The molecule has 0 bridgehead atoms. The van der Waals surface area contributed by atoms with Crippen molar-refractivity contribution in [3.05, 3.63) is 138 Å². The van der Waals surface area contributed by atoms with Gasteiger partial charge in [-0.2, -0.15) is 11.3 Å². The Kier molecular flexibility index (Phi) is 11.7. The Hall–Kier alpha value is -3.80. The van der Waals surface area contributed by atoms with Crippen molar-refractivity contribution in [1.82, 2.24) is 9.97 Å². The third kappa shape index (κ3) is 8.05. The van der Waals surface area contributed by atoms with E-state index in [1.54, 1.807) is 17.4 Å². The van der Waals surface area contributed by atoms with Crippen molar-refractivity contribution in [3.8, 4) is 33.6 Å². The van der Waals surface area contributed by atoms with Crippen LogP contribution in [0.3, 0.4) is 0 Å². The van der Waals surface area contributed by atoms with E-state index in [4.69, 9.17) is 0 Å². The topological polar surface area (TPSA) is 25.8 Å². The van der Waals surface area contributed by atoms with Gasteiger partial charge in [-0.1, -0.05) is 80.3 Å². The molecule has 0 aliphatic rings. The van der Waals surface area contributed by atoms with Crippen molar-refractivity contribution in [2.24, 2.45) is 5.92 Å². The Bertz CT molecular complexity index is 2250. The quantitative estimate of drug-likeness (QED) is 0.123. The van der Waals surface area contributed by atoms with E-state index < -0.39 is 8.07 Å². The van der Waals surface area contributed by atoms with Crippen LogP contribution >= 0.6 is 11.3 Å². The van der Waals surface area contributed by atoms with Crippen LogP contribution in [0.2, 0.25) is 19.6 Å². The molecule has 0 spiro atoms. The maximum atomic E-state index is 14.5. The number of halogens is 1. The summed E-state index contributed by atoms with van der Waals surface area (Å²) in [5.74, 6) is 0.485. The number of nitrogens with zero attached hydrogens (tertiary/aromatic N) is 2. The van der Waals surface area contributed by atoms with Crippen LogP contribution in [0.15, 0.2) is 97.3 Å². The molecule has 1 radical (unpaired) electrons. The SMILES string of the molecule is CC(C)Cc1cc(-c2[c-]cccc2)ncc1[Si](C)(C)C.Cc1cc(C)c(-c2ccnc(-c3[c-]ccc4c3sc3cccc(F)c34)c2)c(C)c1.[Ir]. The molecule has 0 aliphatic carbocycles. The fourth-order valence-electron chi connectivity index (χ4n) is 6.78. The van der Waals surface area contributed by atoms with Gasteiger partial charge in [0.1, 0.15) is 5.82 Å². The van der Waals surface area contributed by atoms with E-state index in [0.717, 1.165) is 49.3 Å². The number of hydrogen-bond acceptors (Lipinski definition) is 3. The molecule has 6 heteroatoms. The smallest absolute Gasteiger partial charge is 0.130 e. The molecule has 0 saturated carbocycles. The third-order valence-corrected chi connectivity index (χ3v) is 12.1. The zero-order chi connectivity index (χ0) is 34.9. The first kappa shape index (κ1) is 37.5. The van der Waals surface area contributed by atoms with Gasteiger partial charge in [-0.25, -0.2) is 4.39 Å². The Balaban J connectivity index is 0.000000204. The Morgan fingerprint density at radius 3 is 2.26 bits per heavy atom. The maximum Gasteiger partial charge on any atom is 0.130 e. The van der Waals surface area contributed by atoms with E-state index >= 15 is 0 Å². The number of fused-ring (bicyclic) bond motifs is 3. The van der Waals surface area contributed by atoms with Crippen LogP contribution in [-0.4, -0.2) is 18.0 Å². The summed E-state index contributed by atoms with van der Waals surface area (Å²) in [4.78, 5) is 9.32. The number of thiophene rings is 1. The van der Waals surface area contributed by atoms with E-state index in [0.29, 0.717) is 11.3 Å². The van der Waals surface area contributed by atoms with Crippen molar-refractivity contribution >= 4 is 44.8 Å². The molecule has 257 valence electrons. The molecule has 0 fully saturated rings. The zero-order valence-corrected chi connectivity index (χ0v) is 34.2. The first-order chi connectivity index (χ1) is 23.4. The Morgan fingerprint density at radius 1 is 0.820 bits per heavy atom. The first-order valence-corrected chi connectivity index (χ1v) is 21.2. The van der Waals surface area contributed by atoms with Gasteiger partial charge in [-0.15, -0.1) is 59.7 Å². The molecule has 3 heterocycles. The standard InChI is InChI=1S/C26H19FNS.C18H24NSi.Ir/c1-15-12-16(2)24(17(3)13-15)18-10-11-28-22(14-18)19-6-4-7-20-25-21(27)8-5-9-23(25)29-26(19)20;1-14(2)11-16-12-17(15-9-7-6-8-10-15)19-13-18(16)20(3,4)5;/h4-5,7-14H,1-3H3;6-9,12-14H,11H2,1-5H3;/q2*-1;. The van der Waals surface area contributed by atoms with Gasteiger partial charge in [0.25, 0.3) is 0 Å². The van der Waals surface area contributed by atoms with E-state index in [2.05, 4.69) is 119 Å². The Labute approximate surface area is 315 Å². The number of aryl methyl sites for hydroxylation is 3. The van der Waals surface area contributed by atoms with E-state index in [-0.39, 0.29) is 25.9 Å². The van der Waals surface area contributed by atoms with Crippen LogP contribution in [0, 0.1) is 44.6 Å². The molecule has 2 nitrogen and oxygen atoms in total. The average Bonchev–Trinajstić information content (AvgIpc) is 3.44. The second kappa shape index (κ2) is 15.6. The first-order valence-electron chi connectivity index (χ1n) is 16.9. The maximum absolute atomic E-state index is 14.5. The van der Waals surface area contributed by atoms with Gasteiger partial charge in [0, 0.05) is 42.6 Å². The van der Waals surface area contributed by atoms with Gasteiger partial charge >= 0.3 is 0 Å². The van der Waals surface area contributed by atoms with Gasteiger partial charge in [0.2, 0.25) is 0 Å². The number of hydrogen-bond donors (Lipinski definition) is 0. The van der Waals surface area contributed by atoms with Gasteiger partial charge in [-0.3, -0.25) is 0 Å².